The number of rotatable bonds is 5. The molecule has 18 heavy (non-hydrogen) atoms. The van der Waals surface area contributed by atoms with Gasteiger partial charge in [-0.1, -0.05) is 0 Å². The zero-order valence-corrected chi connectivity index (χ0v) is 11.5. The number of nitrogen functional groups attached to an aromatic ring is 1. The van der Waals surface area contributed by atoms with Crippen molar-refractivity contribution in [2.75, 3.05) is 17.3 Å². The lowest BCUT2D eigenvalue weighted by Crippen LogP contribution is -2.12. The van der Waals surface area contributed by atoms with Crippen LogP contribution in [0.15, 0.2) is 23.1 Å². The zero-order chi connectivity index (χ0) is 13.0. The number of aromatic nitrogens is 4. The highest BCUT2D eigenvalue weighted by Gasteiger charge is 2.07. The molecule has 0 aliphatic rings. The van der Waals surface area contributed by atoms with E-state index in [9.17, 15) is 0 Å². The van der Waals surface area contributed by atoms with Gasteiger partial charge in [-0.3, -0.25) is 4.68 Å². The van der Waals surface area contributed by atoms with Crippen molar-refractivity contribution >= 4 is 27.6 Å². The molecule has 0 amide bonds. The maximum atomic E-state index is 5.33. The lowest BCUT2D eigenvalue weighted by atomic mass is 10.3. The Morgan fingerprint density at radius 2 is 2.17 bits per heavy atom. The molecule has 0 spiro atoms. The van der Waals surface area contributed by atoms with E-state index in [0.29, 0.717) is 16.1 Å². The van der Waals surface area contributed by atoms with Gasteiger partial charge in [-0.15, -0.1) is 0 Å². The number of hydrazine groups is 1. The average Bonchev–Trinajstić information content (AvgIpc) is 2.77. The van der Waals surface area contributed by atoms with Gasteiger partial charge in [-0.25, -0.2) is 15.8 Å². The van der Waals surface area contributed by atoms with E-state index in [1.807, 2.05) is 19.3 Å². The molecule has 96 valence electrons. The standard InChI is InChI=1S/C10H14BrN7/c1-18-5-3-7(17-18)2-4-13-9-8(11)10(16-12)15-6-14-9/h3,5-6H,2,4,12H2,1H3,(H2,13,14,15,16). The van der Waals surface area contributed by atoms with E-state index in [-0.39, 0.29) is 0 Å². The minimum absolute atomic E-state index is 0.547. The van der Waals surface area contributed by atoms with Crippen molar-refractivity contribution in [2.45, 2.75) is 6.42 Å². The summed E-state index contributed by atoms with van der Waals surface area (Å²) in [7, 11) is 1.90. The Bertz CT molecular complexity index is 525. The molecule has 0 saturated heterocycles. The summed E-state index contributed by atoms with van der Waals surface area (Å²) in [6.07, 6.45) is 4.19. The third-order valence-electron chi connectivity index (χ3n) is 2.37. The summed E-state index contributed by atoms with van der Waals surface area (Å²) in [5.74, 6) is 6.58. The van der Waals surface area contributed by atoms with Gasteiger partial charge in [0.2, 0.25) is 0 Å². The van der Waals surface area contributed by atoms with Gasteiger partial charge in [0.05, 0.1) is 5.69 Å². The van der Waals surface area contributed by atoms with Crippen molar-refractivity contribution in [3.8, 4) is 0 Å². The molecule has 0 unspecified atom stereocenters. The molecule has 0 aromatic carbocycles. The summed E-state index contributed by atoms with van der Waals surface area (Å²) in [6.45, 7) is 0.733. The highest BCUT2D eigenvalue weighted by Crippen LogP contribution is 2.25. The van der Waals surface area contributed by atoms with E-state index >= 15 is 0 Å². The van der Waals surface area contributed by atoms with Gasteiger partial charge < -0.3 is 10.7 Å². The van der Waals surface area contributed by atoms with Gasteiger partial charge in [0, 0.05) is 26.2 Å². The van der Waals surface area contributed by atoms with E-state index < -0.39 is 0 Å². The maximum Gasteiger partial charge on any atom is 0.159 e. The van der Waals surface area contributed by atoms with Crippen LogP contribution in [0.25, 0.3) is 0 Å². The molecule has 0 radical (unpaired) electrons. The third kappa shape index (κ3) is 2.96. The molecule has 0 saturated carbocycles. The van der Waals surface area contributed by atoms with Crippen LogP contribution in [0.5, 0.6) is 0 Å². The van der Waals surface area contributed by atoms with Crippen LogP contribution in [-0.4, -0.2) is 26.3 Å². The van der Waals surface area contributed by atoms with Crippen molar-refractivity contribution in [2.24, 2.45) is 12.9 Å². The second-order valence-electron chi connectivity index (χ2n) is 3.69. The van der Waals surface area contributed by atoms with Gasteiger partial charge in [0.1, 0.15) is 16.6 Å². The monoisotopic (exact) mass is 311 g/mol. The predicted octanol–water partition coefficient (Wildman–Crippen LogP) is 0.913. The normalized spacial score (nSPS) is 10.4. The summed E-state index contributed by atoms with van der Waals surface area (Å²) in [4.78, 5) is 8.11. The van der Waals surface area contributed by atoms with Gasteiger partial charge in [-0.05, 0) is 22.0 Å². The number of nitrogens with two attached hydrogens (primary N) is 1. The summed E-state index contributed by atoms with van der Waals surface area (Å²) in [5, 5.41) is 7.50. The van der Waals surface area contributed by atoms with Crippen molar-refractivity contribution in [3.05, 3.63) is 28.8 Å². The van der Waals surface area contributed by atoms with Gasteiger partial charge >= 0.3 is 0 Å². The average molecular weight is 312 g/mol. The molecule has 2 rings (SSSR count). The van der Waals surface area contributed by atoms with Crippen molar-refractivity contribution in [1.82, 2.24) is 19.7 Å². The molecule has 0 fully saturated rings. The number of halogens is 1. The summed E-state index contributed by atoms with van der Waals surface area (Å²) < 4.78 is 2.50. The predicted molar refractivity (Wildman–Crippen MR) is 72.9 cm³/mol. The van der Waals surface area contributed by atoms with E-state index in [2.05, 4.69) is 41.7 Å². The van der Waals surface area contributed by atoms with Crippen LogP contribution < -0.4 is 16.6 Å². The smallest absolute Gasteiger partial charge is 0.159 e. The Morgan fingerprint density at radius 1 is 1.39 bits per heavy atom. The zero-order valence-electron chi connectivity index (χ0n) is 9.89. The first-order chi connectivity index (χ1) is 8.70. The first-order valence-electron chi connectivity index (χ1n) is 5.40. The summed E-state index contributed by atoms with van der Waals surface area (Å²) >= 11 is 3.38. The molecule has 2 aromatic rings. The lowest BCUT2D eigenvalue weighted by Gasteiger charge is -2.08. The van der Waals surface area contributed by atoms with Crippen LogP contribution in [-0.2, 0) is 13.5 Å². The Morgan fingerprint density at radius 3 is 2.83 bits per heavy atom. The van der Waals surface area contributed by atoms with Crippen LogP contribution in [0.3, 0.4) is 0 Å². The van der Waals surface area contributed by atoms with E-state index in [1.165, 1.54) is 6.33 Å². The molecular formula is C10H14BrN7. The van der Waals surface area contributed by atoms with Crippen molar-refractivity contribution < 1.29 is 0 Å². The fraction of sp³-hybridized carbons (Fsp3) is 0.300. The molecular weight excluding hydrogens is 298 g/mol. The summed E-state index contributed by atoms with van der Waals surface area (Å²) in [6, 6.07) is 1.99. The number of nitrogens with zero attached hydrogens (tertiary/aromatic N) is 4. The Labute approximate surface area is 113 Å². The third-order valence-corrected chi connectivity index (χ3v) is 3.12. The van der Waals surface area contributed by atoms with Crippen LogP contribution in [0.4, 0.5) is 11.6 Å². The molecule has 2 aromatic heterocycles. The molecule has 0 aliphatic heterocycles. The largest absolute Gasteiger partial charge is 0.369 e. The first-order valence-corrected chi connectivity index (χ1v) is 6.19. The highest BCUT2D eigenvalue weighted by atomic mass is 79.9. The highest BCUT2D eigenvalue weighted by molar-refractivity contribution is 9.10. The Hall–Kier alpha value is -1.67. The molecule has 4 N–H and O–H groups in total. The van der Waals surface area contributed by atoms with Gasteiger partial charge in [0.15, 0.2) is 5.82 Å². The van der Waals surface area contributed by atoms with Crippen molar-refractivity contribution in [3.63, 3.8) is 0 Å². The molecule has 0 aliphatic carbocycles. The first kappa shape index (κ1) is 12.8. The van der Waals surface area contributed by atoms with Crippen LogP contribution in [0.1, 0.15) is 5.69 Å². The fourth-order valence-electron chi connectivity index (χ4n) is 1.50. The Kier molecular flexibility index (Phi) is 4.11. The van der Waals surface area contributed by atoms with E-state index in [4.69, 9.17) is 5.84 Å². The fourth-order valence-corrected chi connectivity index (χ4v) is 1.96. The molecule has 8 heteroatoms. The van der Waals surface area contributed by atoms with Gasteiger partial charge in [0.25, 0.3) is 0 Å². The maximum absolute atomic E-state index is 5.33. The lowest BCUT2D eigenvalue weighted by molar-refractivity contribution is 0.742. The van der Waals surface area contributed by atoms with Crippen LogP contribution >= 0.6 is 15.9 Å². The van der Waals surface area contributed by atoms with Gasteiger partial charge in [-0.2, -0.15) is 5.10 Å². The molecule has 2 heterocycles. The van der Waals surface area contributed by atoms with E-state index in [1.54, 1.807) is 4.68 Å². The van der Waals surface area contributed by atoms with Crippen molar-refractivity contribution in [1.29, 1.82) is 0 Å². The quantitative estimate of drug-likeness (QED) is 0.561. The molecule has 7 nitrogen and oxygen atoms in total. The number of hydrogen-bond donors (Lipinski definition) is 3. The number of anilines is 2. The number of nitrogens with one attached hydrogen (secondary N) is 2. The Balaban J connectivity index is 1.94. The summed E-state index contributed by atoms with van der Waals surface area (Å²) in [5.41, 5.74) is 3.53. The number of aryl methyl sites for hydroxylation is 1. The van der Waals surface area contributed by atoms with Crippen LogP contribution in [0.2, 0.25) is 0 Å². The number of hydrogen-bond acceptors (Lipinski definition) is 6. The second kappa shape index (κ2) is 5.78. The molecule has 0 atom stereocenters. The van der Waals surface area contributed by atoms with E-state index in [0.717, 1.165) is 18.7 Å². The minimum atomic E-state index is 0.547. The minimum Gasteiger partial charge on any atom is -0.369 e. The van der Waals surface area contributed by atoms with Crippen LogP contribution in [0, 0.1) is 0 Å². The topological polar surface area (TPSA) is 93.7 Å². The molecule has 0 bridgehead atoms. The SMILES string of the molecule is Cn1ccc(CCNc2ncnc(NN)c2Br)n1. The second-order valence-corrected chi connectivity index (χ2v) is 4.48.